The van der Waals surface area contributed by atoms with E-state index in [2.05, 4.69) is 5.16 Å². The van der Waals surface area contributed by atoms with Crippen LogP contribution in [0.5, 0.6) is 0 Å². The predicted molar refractivity (Wildman–Crippen MR) is 108 cm³/mol. The number of Topliss-reactive ketones (excluding diaryl/α,β-unsaturated/α-hetero) is 1. The molecule has 7 nitrogen and oxygen atoms in total. The minimum Gasteiger partial charge on any atom is -0.454 e. The van der Waals surface area contributed by atoms with Gasteiger partial charge in [0.2, 0.25) is 11.9 Å². The SMILES string of the molecule is COCCCn1c(C)cc(C(=O)COC(=O)C2CC(c3cccc(F)c3)=NO2)c1C. The summed E-state index contributed by atoms with van der Waals surface area (Å²) in [7, 11) is 1.65. The van der Waals surface area contributed by atoms with E-state index in [1.54, 1.807) is 25.3 Å². The molecule has 0 bridgehead atoms. The summed E-state index contributed by atoms with van der Waals surface area (Å²) >= 11 is 0. The van der Waals surface area contributed by atoms with Crippen molar-refractivity contribution in [3.8, 4) is 0 Å². The zero-order valence-corrected chi connectivity index (χ0v) is 17.3. The molecule has 8 heteroatoms. The molecule has 1 unspecified atom stereocenters. The van der Waals surface area contributed by atoms with E-state index < -0.39 is 17.9 Å². The minimum atomic E-state index is -0.947. The van der Waals surface area contributed by atoms with Gasteiger partial charge in [0.15, 0.2) is 6.61 Å². The monoisotopic (exact) mass is 416 g/mol. The van der Waals surface area contributed by atoms with Gasteiger partial charge in [-0.3, -0.25) is 4.79 Å². The molecule has 1 atom stereocenters. The average Bonchev–Trinajstić information content (AvgIpc) is 3.32. The normalized spacial score (nSPS) is 15.6. The van der Waals surface area contributed by atoms with Crippen molar-refractivity contribution in [3.05, 3.63) is 58.7 Å². The van der Waals surface area contributed by atoms with E-state index >= 15 is 0 Å². The van der Waals surface area contributed by atoms with E-state index in [9.17, 15) is 14.0 Å². The van der Waals surface area contributed by atoms with E-state index in [0.717, 1.165) is 24.4 Å². The third kappa shape index (κ3) is 4.94. The second-order valence-corrected chi connectivity index (χ2v) is 7.16. The van der Waals surface area contributed by atoms with Gasteiger partial charge in [0.1, 0.15) is 5.82 Å². The maximum atomic E-state index is 13.4. The van der Waals surface area contributed by atoms with Crippen molar-refractivity contribution in [2.75, 3.05) is 20.3 Å². The molecule has 30 heavy (non-hydrogen) atoms. The molecule has 1 aromatic heterocycles. The molecular weight excluding hydrogens is 391 g/mol. The number of aryl methyl sites for hydroxylation is 1. The number of rotatable bonds is 9. The Balaban J connectivity index is 1.54. The van der Waals surface area contributed by atoms with Crippen molar-refractivity contribution < 1.29 is 28.3 Å². The van der Waals surface area contributed by atoms with Crippen LogP contribution in [-0.4, -0.2) is 48.5 Å². The molecule has 0 spiro atoms. The third-order valence-corrected chi connectivity index (χ3v) is 5.04. The summed E-state index contributed by atoms with van der Waals surface area (Å²) in [5.74, 6) is -1.35. The van der Waals surface area contributed by atoms with Crippen LogP contribution in [0.3, 0.4) is 0 Å². The summed E-state index contributed by atoms with van der Waals surface area (Å²) in [6.07, 6.45) is 0.0460. The van der Waals surface area contributed by atoms with Crippen molar-refractivity contribution in [2.45, 2.75) is 39.3 Å². The Morgan fingerprint density at radius 3 is 2.83 bits per heavy atom. The Morgan fingerprint density at radius 1 is 1.30 bits per heavy atom. The van der Waals surface area contributed by atoms with Gasteiger partial charge in [-0.15, -0.1) is 0 Å². The first-order valence-corrected chi connectivity index (χ1v) is 9.75. The highest BCUT2D eigenvalue weighted by molar-refractivity contribution is 6.04. The number of hydrogen-bond acceptors (Lipinski definition) is 6. The van der Waals surface area contributed by atoms with Gasteiger partial charge in [-0.1, -0.05) is 17.3 Å². The Bertz CT molecular complexity index is 966. The van der Waals surface area contributed by atoms with Crippen LogP contribution >= 0.6 is 0 Å². The Labute approximate surface area is 174 Å². The first kappa shape index (κ1) is 21.7. The van der Waals surface area contributed by atoms with Crippen LogP contribution in [0.4, 0.5) is 4.39 Å². The molecule has 1 aliphatic rings. The second-order valence-electron chi connectivity index (χ2n) is 7.16. The third-order valence-electron chi connectivity index (χ3n) is 5.04. The molecule has 0 amide bonds. The van der Waals surface area contributed by atoms with Crippen LogP contribution in [0.25, 0.3) is 0 Å². The minimum absolute atomic E-state index is 0.157. The summed E-state index contributed by atoms with van der Waals surface area (Å²) in [6, 6.07) is 7.69. The number of ether oxygens (including phenoxy) is 2. The maximum absolute atomic E-state index is 13.4. The number of ketones is 1. The second kappa shape index (κ2) is 9.67. The molecule has 0 N–H and O–H groups in total. The summed E-state index contributed by atoms with van der Waals surface area (Å²) in [5.41, 5.74) is 3.33. The first-order chi connectivity index (χ1) is 14.4. The quantitative estimate of drug-likeness (QED) is 0.356. The highest BCUT2D eigenvalue weighted by Crippen LogP contribution is 2.20. The standard InChI is InChI=1S/C22H25FN2O5/c1-14-10-18(15(2)25(14)8-5-9-28-3)20(26)13-29-22(27)21-12-19(24-30-21)16-6-4-7-17(23)11-16/h4,6-7,10-11,21H,5,8-9,12-13H2,1-3H3. The number of methoxy groups -OCH3 is 1. The molecule has 0 fully saturated rings. The van der Waals surface area contributed by atoms with Crippen LogP contribution in [0, 0.1) is 19.7 Å². The van der Waals surface area contributed by atoms with Gasteiger partial charge in [-0.2, -0.15) is 0 Å². The topological polar surface area (TPSA) is 79.1 Å². The molecule has 0 aliphatic carbocycles. The van der Waals surface area contributed by atoms with E-state index in [1.807, 2.05) is 18.4 Å². The average molecular weight is 416 g/mol. The molecular formula is C22H25FN2O5. The van der Waals surface area contributed by atoms with Crippen LogP contribution in [-0.2, 0) is 25.7 Å². The zero-order valence-electron chi connectivity index (χ0n) is 17.3. The lowest BCUT2D eigenvalue weighted by molar-refractivity contribution is -0.154. The molecule has 1 aliphatic heterocycles. The van der Waals surface area contributed by atoms with Gasteiger partial charge < -0.3 is 18.9 Å². The van der Waals surface area contributed by atoms with Crippen LogP contribution in [0.1, 0.15) is 40.2 Å². The summed E-state index contributed by atoms with van der Waals surface area (Å²) in [5, 5.41) is 3.85. The fourth-order valence-electron chi connectivity index (χ4n) is 3.44. The van der Waals surface area contributed by atoms with Gasteiger partial charge in [0.25, 0.3) is 0 Å². The Kier molecular flexibility index (Phi) is 6.99. The summed E-state index contributed by atoms with van der Waals surface area (Å²) in [6.45, 7) is 4.80. The highest BCUT2D eigenvalue weighted by Gasteiger charge is 2.31. The highest BCUT2D eigenvalue weighted by atomic mass is 19.1. The molecule has 0 radical (unpaired) electrons. The summed E-state index contributed by atoms with van der Waals surface area (Å²) < 4.78 is 25.7. The number of benzene rings is 1. The molecule has 0 saturated heterocycles. The van der Waals surface area contributed by atoms with Gasteiger partial charge in [-0.05, 0) is 38.5 Å². The van der Waals surface area contributed by atoms with E-state index in [4.69, 9.17) is 14.3 Å². The number of hydrogen-bond donors (Lipinski definition) is 0. The zero-order chi connectivity index (χ0) is 21.7. The molecule has 2 aromatic rings. The lowest BCUT2D eigenvalue weighted by Crippen LogP contribution is -2.26. The van der Waals surface area contributed by atoms with Crippen molar-refractivity contribution >= 4 is 17.5 Å². The van der Waals surface area contributed by atoms with Crippen molar-refractivity contribution in [1.29, 1.82) is 0 Å². The van der Waals surface area contributed by atoms with Gasteiger partial charge in [0.05, 0.1) is 5.71 Å². The van der Waals surface area contributed by atoms with Gasteiger partial charge >= 0.3 is 5.97 Å². The smallest absolute Gasteiger partial charge is 0.351 e. The number of carbonyl (C=O) groups excluding carboxylic acids is 2. The lowest BCUT2D eigenvalue weighted by atomic mass is 10.1. The predicted octanol–water partition coefficient (Wildman–Crippen LogP) is 3.20. The van der Waals surface area contributed by atoms with Crippen LogP contribution < -0.4 is 0 Å². The summed E-state index contributed by atoms with van der Waals surface area (Å²) in [4.78, 5) is 30.0. The molecule has 3 rings (SSSR count). The fraction of sp³-hybridized carbons (Fsp3) is 0.409. The molecule has 160 valence electrons. The van der Waals surface area contributed by atoms with E-state index in [1.165, 1.54) is 12.1 Å². The van der Waals surface area contributed by atoms with Gasteiger partial charge in [-0.25, -0.2) is 9.18 Å². The lowest BCUT2D eigenvalue weighted by Gasteiger charge is -2.10. The molecule has 1 aromatic carbocycles. The largest absolute Gasteiger partial charge is 0.454 e. The first-order valence-electron chi connectivity index (χ1n) is 9.75. The maximum Gasteiger partial charge on any atom is 0.351 e. The Hall–Kier alpha value is -3.00. The molecule has 2 heterocycles. The number of carbonyl (C=O) groups is 2. The van der Waals surface area contributed by atoms with Crippen LogP contribution in [0.2, 0.25) is 0 Å². The van der Waals surface area contributed by atoms with E-state index in [0.29, 0.717) is 23.4 Å². The number of halogens is 1. The van der Waals surface area contributed by atoms with Crippen molar-refractivity contribution in [3.63, 3.8) is 0 Å². The molecule has 0 saturated carbocycles. The number of esters is 1. The van der Waals surface area contributed by atoms with Crippen molar-refractivity contribution in [2.24, 2.45) is 5.16 Å². The van der Waals surface area contributed by atoms with E-state index in [-0.39, 0.29) is 18.8 Å². The van der Waals surface area contributed by atoms with Crippen LogP contribution in [0.15, 0.2) is 35.5 Å². The van der Waals surface area contributed by atoms with Crippen molar-refractivity contribution in [1.82, 2.24) is 4.57 Å². The number of aromatic nitrogens is 1. The number of oxime groups is 1. The Morgan fingerprint density at radius 2 is 2.10 bits per heavy atom. The number of nitrogens with zero attached hydrogens (tertiary/aromatic N) is 2. The van der Waals surface area contributed by atoms with Gasteiger partial charge in [0, 0.05) is 49.2 Å². The fourth-order valence-corrected chi connectivity index (χ4v) is 3.44.